The molecule has 0 radical (unpaired) electrons. The molecule has 2 atom stereocenters. The SMILES string of the molecule is Cc1ccccc1CCC(=O)N1CCC(O)C(C)C1. The monoisotopic (exact) mass is 261 g/mol. The summed E-state index contributed by atoms with van der Waals surface area (Å²) < 4.78 is 0. The lowest BCUT2D eigenvalue weighted by atomic mass is 9.96. The predicted octanol–water partition coefficient (Wildman–Crippen LogP) is 2.16. The number of aryl methyl sites for hydroxylation is 2. The van der Waals surface area contributed by atoms with E-state index in [0.29, 0.717) is 25.9 Å². The maximum Gasteiger partial charge on any atom is 0.222 e. The summed E-state index contributed by atoms with van der Waals surface area (Å²) in [5.41, 5.74) is 2.50. The van der Waals surface area contributed by atoms with Crippen LogP contribution in [0.25, 0.3) is 0 Å². The highest BCUT2D eigenvalue weighted by molar-refractivity contribution is 5.76. The normalized spacial score (nSPS) is 23.4. The molecule has 0 aromatic heterocycles. The maximum absolute atomic E-state index is 12.2. The quantitative estimate of drug-likeness (QED) is 0.905. The lowest BCUT2D eigenvalue weighted by Crippen LogP contribution is -2.45. The van der Waals surface area contributed by atoms with E-state index in [4.69, 9.17) is 0 Å². The Hall–Kier alpha value is -1.35. The van der Waals surface area contributed by atoms with Gasteiger partial charge < -0.3 is 10.0 Å². The summed E-state index contributed by atoms with van der Waals surface area (Å²) in [5.74, 6) is 0.401. The Morgan fingerprint density at radius 3 is 2.84 bits per heavy atom. The van der Waals surface area contributed by atoms with Crippen molar-refractivity contribution in [3.8, 4) is 0 Å². The molecule has 19 heavy (non-hydrogen) atoms. The Morgan fingerprint density at radius 2 is 2.16 bits per heavy atom. The van der Waals surface area contributed by atoms with Gasteiger partial charge in [0.25, 0.3) is 0 Å². The summed E-state index contributed by atoms with van der Waals surface area (Å²) >= 11 is 0. The Labute approximate surface area is 115 Å². The fraction of sp³-hybridized carbons (Fsp3) is 0.562. The van der Waals surface area contributed by atoms with Gasteiger partial charge in [0.15, 0.2) is 0 Å². The lowest BCUT2D eigenvalue weighted by molar-refractivity contribution is -0.134. The smallest absolute Gasteiger partial charge is 0.222 e. The van der Waals surface area contributed by atoms with Crippen molar-refractivity contribution in [3.05, 3.63) is 35.4 Å². The first kappa shape index (κ1) is 14.1. The minimum Gasteiger partial charge on any atom is -0.393 e. The predicted molar refractivity (Wildman–Crippen MR) is 75.9 cm³/mol. The van der Waals surface area contributed by atoms with E-state index in [0.717, 1.165) is 6.42 Å². The number of amides is 1. The molecule has 104 valence electrons. The average Bonchev–Trinajstić information content (AvgIpc) is 2.40. The fourth-order valence-electron chi connectivity index (χ4n) is 2.65. The van der Waals surface area contributed by atoms with Gasteiger partial charge in [-0.15, -0.1) is 0 Å². The van der Waals surface area contributed by atoms with Crippen molar-refractivity contribution in [2.45, 2.75) is 39.2 Å². The standard InChI is InChI=1S/C16H23NO2/c1-12-5-3-4-6-14(12)7-8-16(19)17-10-9-15(18)13(2)11-17/h3-6,13,15,18H,7-11H2,1-2H3. The third-order valence-electron chi connectivity index (χ3n) is 4.08. The zero-order valence-corrected chi connectivity index (χ0v) is 11.8. The zero-order valence-electron chi connectivity index (χ0n) is 11.8. The Balaban J connectivity index is 1.87. The molecule has 1 N–H and O–H groups in total. The van der Waals surface area contributed by atoms with Crippen LogP contribution in [0.1, 0.15) is 30.9 Å². The number of aliphatic hydroxyl groups excluding tert-OH is 1. The summed E-state index contributed by atoms with van der Waals surface area (Å²) in [4.78, 5) is 14.1. The summed E-state index contributed by atoms with van der Waals surface area (Å²) in [6.45, 7) is 5.47. The van der Waals surface area contributed by atoms with Crippen LogP contribution in [0.4, 0.5) is 0 Å². The maximum atomic E-state index is 12.2. The minimum atomic E-state index is -0.250. The van der Waals surface area contributed by atoms with Gasteiger partial charge in [0.1, 0.15) is 0 Å². The van der Waals surface area contributed by atoms with Crippen molar-refractivity contribution < 1.29 is 9.90 Å². The van der Waals surface area contributed by atoms with Crippen LogP contribution in [0.3, 0.4) is 0 Å². The summed E-state index contributed by atoms with van der Waals surface area (Å²) in [5, 5.41) is 9.68. The summed E-state index contributed by atoms with van der Waals surface area (Å²) in [6.07, 6.45) is 1.82. The number of nitrogens with zero attached hydrogens (tertiary/aromatic N) is 1. The molecular weight excluding hydrogens is 238 g/mol. The third-order valence-corrected chi connectivity index (χ3v) is 4.08. The van der Waals surface area contributed by atoms with Crippen molar-refractivity contribution in [2.24, 2.45) is 5.92 Å². The van der Waals surface area contributed by atoms with E-state index in [1.54, 1.807) is 0 Å². The van der Waals surface area contributed by atoms with Gasteiger partial charge in [0.05, 0.1) is 6.10 Å². The Morgan fingerprint density at radius 1 is 1.42 bits per heavy atom. The number of carbonyl (C=O) groups excluding carboxylic acids is 1. The van der Waals surface area contributed by atoms with Crippen LogP contribution in [0.15, 0.2) is 24.3 Å². The summed E-state index contributed by atoms with van der Waals surface area (Å²) in [6, 6.07) is 8.21. The molecule has 1 saturated heterocycles. The van der Waals surface area contributed by atoms with Crippen molar-refractivity contribution in [3.63, 3.8) is 0 Å². The molecule has 1 aromatic carbocycles. The first-order chi connectivity index (χ1) is 9.08. The van der Waals surface area contributed by atoms with E-state index in [9.17, 15) is 9.90 Å². The van der Waals surface area contributed by atoms with Crippen molar-refractivity contribution in [1.29, 1.82) is 0 Å². The van der Waals surface area contributed by atoms with Crippen LogP contribution >= 0.6 is 0 Å². The molecule has 1 amide bonds. The molecule has 2 unspecified atom stereocenters. The molecule has 1 aliphatic rings. The van der Waals surface area contributed by atoms with E-state index < -0.39 is 0 Å². The van der Waals surface area contributed by atoms with E-state index in [1.807, 2.05) is 24.0 Å². The van der Waals surface area contributed by atoms with E-state index in [2.05, 4.69) is 19.1 Å². The first-order valence-corrected chi connectivity index (χ1v) is 7.08. The first-order valence-electron chi connectivity index (χ1n) is 7.08. The average molecular weight is 261 g/mol. The number of piperidine rings is 1. The largest absolute Gasteiger partial charge is 0.393 e. The molecule has 1 aromatic rings. The third kappa shape index (κ3) is 3.57. The van der Waals surface area contributed by atoms with Gasteiger partial charge in [-0.2, -0.15) is 0 Å². The van der Waals surface area contributed by atoms with Gasteiger partial charge in [-0.3, -0.25) is 4.79 Å². The lowest BCUT2D eigenvalue weighted by Gasteiger charge is -2.34. The number of carbonyl (C=O) groups is 1. The van der Waals surface area contributed by atoms with Crippen molar-refractivity contribution in [2.75, 3.05) is 13.1 Å². The van der Waals surface area contributed by atoms with Crippen LogP contribution in [0.5, 0.6) is 0 Å². The molecule has 2 rings (SSSR count). The fourth-order valence-corrected chi connectivity index (χ4v) is 2.65. The highest BCUT2D eigenvalue weighted by Gasteiger charge is 2.26. The van der Waals surface area contributed by atoms with Gasteiger partial charge in [-0.05, 0) is 36.8 Å². The van der Waals surface area contributed by atoms with E-state index in [1.165, 1.54) is 11.1 Å². The Kier molecular flexibility index (Phi) is 4.59. The van der Waals surface area contributed by atoms with Gasteiger partial charge >= 0.3 is 0 Å². The second-order valence-corrected chi connectivity index (χ2v) is 5.60. The molecule has 1 aliphatic heterocycles. The Bertz CT molecular complexity index is 444. The number of benzene rings is 1. The number of likely N-dealkylation sites (tertiary alicyclic amines) is 1. The van der Waals surface area contributed by atoms with E-state index >= 15 is 0 Å². The van der Waals surface area contributed by atoms with Crippen LogP contribution in [0, 0.1) is 12.8 Å². The second kappa shape index (κ2) is 6.20. The molecule has 1 heterocycles. The van der Waals surface area contributed by atoms with Crippen molar-refractivity contribution in [1.82, 2.24) is 4.90 Å². The van der Waals surface area contributed by atoms with Gasteiger partial charge in [0.2, 0.25) is 5.91 Å². The molecule has 1 fully saturated rings. The number of rotatable bonds is 3. The van der Waals surface area contributed by atoms with E-state index in [-0.39, 0.29) is 17.9 Å². The second-order valence-electron chi connectivity index (χ2n) is 5.60. The molecule has 0 aliphatic carbocycles. The highest BCUT2D eigenvalue weighted by atomic mass is 16.3. The molecular formula is C16H23NO2. The van der Waals surface area contributed by atoms with Gasteiger partial charge in [0, 0.05) is 19.5 Å². The van der Waals surface area contributed by atoms with Crippen LogP contribution in [-0.2, 0) is 11.2 Å². The van der Waals surface area contributed by atoms with Gasteiger partial charge in [-0.1, -0.05) is 31.2 Å². The topological polar surface area (TPSA) is 40.5 Å². The molecule has 3 nitrogen and oxygen atoms in total. The van der Waals surface area contributed by atoms with Crippen LogP contribution < -0.4 is 0 Å². The molecule has 0 saturated carbocycles. The zero-order chi connectivity index (χ0) is 13.8. The van der Waals surface area contributed by atoms with Crippen LogP contribution in [-0.4, -0.2) is 35.1 Å². The highest BCUT2D eigenvalue weighted by Crippen LogP contribution is 2.18. The van der Waals surface area contributed by atoms with Gasteiger partial charge in [-0.25, -0.2) is 0 Å². The van der Waals surface area contributed by atoms with Crippen molar-refractivity contribution >= 4 is 5.91 Å². The molecule has 3 heteroatoms. The minimum absolute atomic E-state index is 0.191. The summed E-state index contributed by atoms with van der Waals surface area (Å²) in [7, 11) is 0. The number of aliphatic hydroxyl groups is 1. The number of hydrogen-bond donors (Lipinski definition) is 1. The molecule has 0 spiro atoms. The molecule has 0 bridgehead atoms. The van der Waals surface area contributed by atoms with Crippen LogP contribution in [0.2, 0.25) is 0 Å². The number of hydrogen-bond acceptors (Lipinski definition) is 2.